The fraction of sp³-hybridized carbons (Fsp3) is 0.600. The molecule has 84 valence electrons. The molecule has 0 aliphatic carbocycles. The van der Waals surface area contributed by atoms with Crippen LogP contribution in [0.3, 0.4) is 0 Å². The van der Waals surface area contributed by atoms with Crippen molar-refractivity contribution in [3.05, 3.63) is 12.4 Å². The number of rotatable bonds is 4. The van der Waals surface area contributed by atoms with Gasteiger partial charge in [0.15, 0.2) is 5.11 Å². The van der Waals surface area contributed by atoms with Crippen molar-refractivity contribution in [2.75, 3.05) is 11.9 Å². The number of hydrogen-bond acceptors (Lipinski definition) is 2. The van der Waals surface area contributed by atoms with Crippen LogP contribution in [0.1, 0.15) is 20.8 Å². The molecule has 1 aromatic heterocycles. The lowest BCUT2D eigenvalue weighted by atomic mass is 10.2. The van der Waals surface area contributed by atoms with E-state index in [1.54, 1.807) is 6.20 Å². The van der Waals surface area contributed by atoms with Crippen molar-refractivity contribution in [2.24, 2.45) is 5.92 Å². The molecular formula is C10H18N4S. The molecule has 0 spiro atoms. The first kappa shape index (κ1) is 12.0. The van der Waals surface area contributed by atoms with Crippen LogP contribution >= 0.6 is 12.2 Å². The molecule has 15 heavy (non-hydrogen) atoms. The summed E-state index contributed by atoms with van der Waals surface area (Å²) in [6.45, 7) is 8.09. The molecule has 0 aliphatic rings. The molecule has 1 rings (SSSR count). The zero-order valence-corrected chi connectivity index (χ0v) is 10.3. The molecular weight excluding hydrogens is 208 g/mol. The molecule has 2 N–H and O–H groups in total. The van der Waals surface area contributed by atoms with Gasteiger partial charge in [-0.2, -0.15) is 5.10 Å². The molecule has 4 nitrogen and oxygen atoms in total. The second-order valence-electron chi connectivity index (χ2n) is 3.81. The standard InChI is InChI=1S/C10H18N4S/c1-4-14-7-9(6-12-14)13-10(15)11-5-8(2)3/h6-8H,4-5H2,1-3H3,(H2,11,13,15). The molecule has 1 heterocycles. The highest BCUT2D eigenvalue weighted by molar-refractivity contribution is 7.80. The number of thiocarbonyl (C=S) groups is 1. The summed E-state index contributed by atoms with van der Waals surface area (Å²) in [5.41, 5.74) is 0.929. The third-order valence-electron chi connectivity index (χ3n) is 1.89. The molecule has 0 unspecified atom stereocenters. The highest BCUT2D eigenvalue weighted by Gasteiger charge is 2.00. The van der Waals surface area contributed by atoms with Crippen LogP contribution in [0.2, 0.25) is 0 Å². The average Bonchev–Trinajstić information content (AvgIpc) is 2.62. The maximum absolute atomic E-state index is 5.14. The van der Waals surface area contributed by atoms with Gasteiger partial charge in [-0.25, -0.2) is 0 Å². The summed E-state index contributed by atoms with van der Waals surface area (Å²) in [7, 11) is 0. The van der Waals surface area contributed by atoms with Crippen molar-refractivity contribution >= 4 is 23.0 Å². The maximum atomic E-state index is 5.14. The smallest absolute Gasteiger partial charge is 0.170 e. The van der Waals surface area contributed by atoms with Crippen molar-refractivity contribution in [3.8, 4) is 0 Å². The van der Waals surface area contributed by atoms with E-state index in [1.807, 2.05) is 17.8 Å². The number of aryl methyl sites for hydroxylation is 1. The van der Waals surface area contributed by atoms with Gasteiger partial charge >= 0.3 is 0 Å². The monoisotopic (exact) mass is 226 g/mol. The topological polar surface area (TPSA) is 41.9 Å². The molecule has 0 bridgehead atoms. The van der Waals surface area contributed by atoms with E-state index in [0.29, 0.717) is 11.0 Å². The molecule has 0 fully saturated rings. The number of anilines is 1. The van der Waals surface area contributed by atoms with E-state index >= 15 is 0 Å². The minimum absolute atomic E-state index is 0.586. The first-order valence-corrected chi connectivity index (χ1v) is 5.60. The Balaban J connectivity index is 2.37. The summed E-state index contributed by atoms with van der Waals surface area (Å²) in [6, 6.07) is 0. The van der Waals surface area contributed by atoms with Gasteiger partial charge in [-0.3, -0.25) is 4.68 Å². The van der Waals surface area contributed by atoms with Crippen molar-refractivity contribution in [2.45, 2.75) is 27.3 Å². The molecule has 0 amide bonds. The second kappa shape index (κ2) is 5.70. The van der Waals surface area contributed by atoms with E-state index in [2.05, 4.69) is 29.6 Å². The van der Waals surface area contributed by atoms with Gasteiger partial charge in [0.05, 0.1) is 11.9 Å². The third kappa shape index (κ3) is 4.29. The summed E-state index contributed by atoms with van der Waals surface area (Å²) < 4.78 is 1.85. The van der Waals surface area contributed by atoms with Crippen LogP contribution < -0.4 is 10.6 Å². The molecule has 0 radical (unpaired) electrons. The molecule has 5 heteroatoms. The Labute approximate surface area is 96.1 Å². The summed E-state index contributed by atoms with van der Waals surface area (Å²) in [5.74, 6) is 0.586. The Bertz CT molecular complexity index is 319. The minimum atomic E-state index is 0.586. The summed E-state index contributed by atoms with van der Waals surface area (Å²) in [5, 5.41) is 11.0. The number of nitrogens with one attached hydrogen (secondary N) is 2. The summed E-state index contributed by atoms with van der Waals surface area (Å²) in [6.07, 6.45) is 3.70. The normalized spacial score (nSPS) is 10.4. The highest BCUT2D eigenvalue weighted by Crippen LogP contribution is 2.04. The van der Waals surface area contributed by atoms with E-state index in [1.165, 1.54) is 0 Å². The van der Waals surface area contributed by atoms with E-state index in [-0.39, 0.29) is 0 Å². The maximum Gasteiger partial charge on any atom is 0.170 e. The zero-order valence-electron chi connectivity index (χ0n) is 9.45. The Morgan fingerprint density at radius 2 is 2.33 bits per heavy atom. The number of hydrogen-bond donors (Lipinski definition) is 2. The first-order chi connectivity index (χ1) is 7.11. The highest BCUT2D eigenvalue weighted by atomic mass is 32.1. The predicted octanol–water partition coefficient (Wildman–Crippen LogP) is 1.85. The minimum Gasteiger partial charge on any atom is -0.362 e. The lowest BCUT2D eigenvalue weighted by Crippen LogP contribution is -2.31. The molecule has 0 saturated carbocycles. The van der Waals surface area contributed by atoms with Crippen molar-refractivity contribution in [3.63, 3.8) is 0 Å². The molecule has 0 saturated heterocycles. The second-order valence-corrected chi connectivity index (χ2v) is 4.22. The average molecular weight is 226 g/mol. The predicted molar refractivity (Wildman–Crippen MR) is 67.0 cm³/mol. The molecule has 0 atom stereocenters. The van der Waals surface area contributed by atoms with Gasteiger partial charge < -0.3 is 10.6 Å². The van der Waals surface area contributed by atoms with Crippen LogP contribution in [0.5, 0.6) is 0 Å². The van der Waals surface area contributed by atoms with Crippen LogP contribution in [0.15, 0.2) is 12.4 Å². The summed E-state index contributed by atoms with van der Waals surface area (Å²) in [4.78, 5) is 0. The largest absolute Gasteiger partial charge is 0.362 e. The fourth-order valence-corrected chi connectivity index (χ4v) is 1.27. The lowest BCUT2D eigenvalue weighted by molar-refractivity contribution is 0.627. The van der Waals surface area contributed by atoms with Gasteiger partial charge in [0.25, 0.3) is 0 Å². The van der Waals surface area contributed by atoms with Gasteiger partial charge in [-0.1, -0.05) is 13.8 Å². The zero-order chi connectivity index (χ0) is 11.3. The van der Waals surface area contributed by atoms with E-state index in [4.69, 9.17) is 12.2 Å². The van der Waals surface area contributed by atoms with Gasteiger partial charge in [-0.05, 0) is 25.1 Å². The van der Waals surface area contributed by atoms with Crippen LogP contribution in [-0.4, -0.2) is 21.4 Å². The van der Waals surface area contributed by atoms with Crippen LogP contribution in [0.4, 0.5) is 5.69 Å². The van der Waals surface area contributed by atoms with Crippen molar-refractivity contribution in [1.29, 1.82) is 0 Å². The Morgan fingerprint density at radius 3 is 2.87 bits per heavy atom. The van der Waals surface area contributed by atoms with Gasteiger partial charge in [0.2, 0.25) is 0 Å². The van der Waals surface area contributed by atoms with Gasteiger partial charge in [-0.15, -0.1) is 0 Å². The van der Waals surface area contributed by atoms with E-state index in [9.17, 15) is 0 Å². The molecule has 1 aromatic rings. The van der Waals surface area contributed by atoms with Crippen molar-refractivity contribution < 1.29 is 0 Å². The van der Waals surface area contributed by atoms with Crippen molar-refractivity contribution in [1.82, 2.24) is 15.1 Å². The number of nitrogens with zero attached hydrogens (tertiary/aromatic N) is 2. The van der Waals surface area contributed by atoms with Gasteiger partial charge in [0, 0.05) is 19.3 Å². The molecule has 0 aliphatic heterocycles. The van der Waals surface area contributed by atoms with E-state index in [0.717, 1.165) is 18.8 Å². The van der Waals surface area contributed by atoms with Crippen LogP contribution in [0.25, 0.3) is 0 Å². The van der Waals surface area contributed by atoms with Crippen LogP contribution in [0, 0.1) is 5.92 Å². The SMILES string of the molecule is CCn1cc(NC(=S)NCC(C)C)cn1. The number of aromatic nitrogens is 2. The Hall–Kier alpha value is -1.10. The lowest BCUT2D eigenvalue weighted by Gasteiger charge is -2.10. The fourth-order valence-electron chi connectivity index (χ4n) is 1.07. The Morgan fingerprint density at radius 1 is 1.60 bits per heavy atom. The molecule has 0 aromatic carbocycles. The van der Waals surface area contributed by atoms with Crippen LogP contribution in [-0.2, 0) is 6.54 Å². The summed E-state index contributed by atoms with van der Waals surface area (Å²) >= 11 is 5.14. The first-order valence-electron chi connectivity index (χ1n) is 5.19. The quantitative estimate of drug-likeness (QED) is 0.769. The van der Waals surface area contributed by atoms with E-state index < -0.39 is 0 Å². The van der Waals surface area contributed by atoms with Gasteiger partial charge in [0.1, 0.15) is 0 Å². The third-order valence-corrected chi connectivity index (χ3v) is 2.13. The Kier molecular flexibility index (Phi) is 4.55.